The number of esters is 1. The number of rotatable bonds is 7. The smallest absolute Gasteiger partial charge is 0.338 e. The maximum Gasteiger partial charge on any atom is 0.338 e. The van der Waals surface area contributed by atoms with Crippen LogP contribution >= 0.6 is 22.9 Å². The van der Waals surface area contributed by atoms with Gasteiger partial charge in [0.2, 0.25) is 0 Å². The number of carbonyl (C=O) groups is 2. The second-order valence-corrected chi connectivity index (χ2v) is 10.0. The van der Waals surface area contributed by atoms with Crippen LogP contribution in [0.1, 0.15) is 24.1 Å². The van der Waals surface area contributed by atoms with E-state index in [9.17, 15) is 14.4 Å². The number of carbonyl (C=O) groups excluding carboxylic acids is 2. The Kier molecular flexibility index (Phi) is 7.16. The molecule has 1 aromatic heterocycles. The van der Waals surface area contributed by atoms with Crippen LogP contribution in [0.25, 0.3) is 5.57 Å². The molecule has 8 nitrogen and oxygen atoms in total. The van der Waals surface area contributed by atoms with E-state index >= 15 is 0 Å². The van der Waals surface area contributed by atoms with E-state index in [2.05, 4.69) is 11.6 Å². The third kappa shape index (κ3) is 4.22. The lowest BCUT2D eigenvalue weighted by molar-refractivity contribution is -0.140. The van der Waals surface area contributed by atoms with Crippen molar-refractivity contribution in [2.24, 2.45) is 4.99 Å². The van der Waals surface area contributed by atoms with E-state index < -0.39 is 17.6 Å². The lowest BCUT2D eigenvalue weighted by Gasteiger charge is -2.25. The first-order valence-corrected chi connectivity index (χ1v) is 13.1. The van der Waals surface area contributed by atoms with Crippen LogP contribution in [0.3, 0.4) is 0 Å². The number of nitrogens with zero attached hydrogens (tertiary/aromatic N) is 3. The summed E-state index contributed by atoms with van der Waals surface area (Å²) in [5.41, 5.74) is 2.38. The lowest BCUT2D eigenvalue weighted by atomic mass is 9.96. The zero-order valence-electron chi connectivity index (χ0n) is 20.8. The van der Waals surface area contributed by atoms with Gasteiger partial charge in [-0.1, -0.05) is 65.4 Å². The van der Waals surface area contributed by atoms with E-state index in [0.29, 0.717) is 44.5 Å². The predicted octanol–water partition coefficient (Wildman–Crippen LogP) is 2.98. The van der Waals surface area contributed by atoms with Crippen molar-refractivity contribution in [1.82, 2.24) is 4.57 Å². The molecular weight excluding hydrogens is 526 g/mol. The van der Waals surface area contributed by atoms with Crippen LogP contribution in [0.2, 0.25) is 5.02 Å². The molecule has 0 bridgehead atoms. The molecule has 3 heterocycles. The Morgan fingerprint density at radius 1 is 1.16 bits per heavy atom. The van der Waals surface area contributed by atoms with Gasteiger partial charge in [0.1, 0.15) is 17.2 Å². The number of thiazole rings is 1. The Hall–Kier alpha value is -3.79. The predicted molar refractivity (Wildman–Crippen MR) is 146 cm³/mol. The van der Waals surface area contributed by atoms with E-state index in [1.54, 1.807) is 42.2 Å². The van der Waals surface area contributed by atoms with Gasteiger partial charge in [-0.05, 0) is 24.6 Å². The summed E-state index contributed by atoms with van der Waals surface area (Å²) < 4.78 is 12.1. The fraction of sp³-hybridized carbons (Fsp3) is 0.214. The summed E-state index contributed by atoms with van der Waals surface area (Å²) >= 11 is 7.70. The molecule has 0 saturated carbocycles. The van der Waals surface area contributed by atoms with Gasteiger partial charge in [-0.15, -0.1) is 6.58 Å². The summed E-state index contributed by atoms with van der Waals surface area (Å²) in [6.07, 6.45) is 1.64. The number of allylic oxidation sites excluding steroid dienone is 1. The molecule has 1 amide bonds. The van der Waals surface area contributed by atoms with E-state index in [4.69, 9.17) is 21.1 Å². The van der Waals surface area contributed by atoms with Gasteiger partial charge >= 0.3 is 5.97 Å². The standard InChI is InChI=1S/C28H24ClN3O5S/c1-4-13-31-20-12-8-6-10-18(20)22(25(31)33)24-26(34)32-23(17-9-5-7-11-19(17)29)21(16(2)30-28(32)38-24)27(35)37-15-14-36-3/h4-12,23H,1,13-15H2,2-3H3. The highest BCUT2D eigenvalue weighted by molar-refractivity contribution is 7.07. The molecule has 2 aliphatic heterocycles. The van der Waals surface area contributed by atoms with Crippen LogP contribution in [0.15, 0.2) is 82.2 Å². The van der Waals surface area contributed by atoms with Crippen molar-refractivity contribution in [1.29, 1.82) is 0 Å². The van der Waals surface area contributed by atoms with Crippen LogP contribution in [-0.2, 0) is 19.1 Å². The molecule has 10 heteroatoms. The Morgan fingerprint density at radius 2 is 1.89 bits per heavy atom. The van der Waals surface area contributed by atoms with E-state index in [0.717, 1.165) is 11.3 Å². The zero-order valence-corrected chi connectivity index (χ0v) is 22.3. The Labute approximate surface area is 227 Å². The summed E-state index contributed by atoms with van der Waals surface area (Å²) in [7, 11) is 1.51. The highest BCUT2D eigenvalue weighted by Gasteiger charge is 2.37. The highest BCUT2D eigenvalue weighted by Crippen LogP contribution is 2.36. The van der Waals surface area contributed by atoms with Gasteiger partial charge in [-0.25, -0.2) is 9.79 Å². The molecule has 5 rings (SSSR count). The zero-order chi connectivity index (χ0) is 27.0. The third-order valence-electron chi connectivity index (χ3n) is 6.40. The highest BCUT2D eigenvalue weighted by atomic mass is 35.5. The van der Waals surface area contributed by atoms with E-state index in [1.165, 1.54) is 11.7 Å². The number of fused-ring (bicyclic) bond motifs is 2. The van der Waals surface area contributed by atoms with Crippen molar-refractivity contribution >= 4 is 46.1 Å². The lowest BCUT2D eigenvalue weighted by Crippen LogP contribution is -2.41. The summed E-state index contributed by atoms with van der Waals surface area (Å²) in [6, 6.07) is 13.4. The van der Waals surface area contributed by atoms with E-state index in [1.807, 2.05) is 24.3 Å². The Morgan fingerprint density at radius 3 is 2.63 bits per heavy atom. The number of methoxy groups -OCH3 is 1. The van der Waals surface area contributed by atoms with Crippen molar-refractivity contribution in [3.05, 3.63) is 108 Å². The molecule has 1 atom stereocenters. The number of benzene rings is 2. The number of aromatic nitrogens is 1. The van der Waals surface area contributed by atoms with Crippen molar-refractivity contribution in [2.75, 3.05) is 31.8 Å². The number of halogens is 1. The number of hydrogen-bond donors (Lipinski definition) is 0. The average Bonchev–Trinajstić information content (AvgIpc) is 3.36. The molecule has 38 heavy (non-hydrogen) atoms. The Balaban J connectivity index is 1.77. The van der Waals surface area contributed by atoms with Gasteiger partial charge in [0.15, 0.2) is 4.80 Å². The molecule has 0 radical (unpaired) electrons. The summed E-state index contributed by atoms with van der Waals surface area (Å²) in [4.78, 5) is 47.5. The van der Waals surface area contributed by atoms with Crippen LogP contribution in [0.5, 0.6) is 0 Å². The first kappa shape index (κ1) is 25.8. The first-order valence-electron chi connectivity index (χ1n) is 11.9. The molecule has 0 saturated heterocycles. The van der Waals surface area contributed by atoms with Crippen LogP contribution in [0, 0.1) is 0 Å². The van der Waals surface area contributed by atoms with Gasteiger partial charge in [0.25, 0.3) is 11.5 Å². The van der Waals surface area contributed by atoms with Crippen molar-refractivity contribution < 1.29 is 19.1 Å². The molecule has 2 aliphatic rings. The maximum absolute atomic E-state index is 14.1. The van der Waals surface area contributed by atoms with Gasteiger partial charge < -0.3 is 14.4 Å². The van der Waals surface area contributed by atoms with Crippen molar-refractivity contribution in [3.63, 3.8) is 0 Å². The van der Waals surface area contributed by atoms with Crippen molar-refractivity contribution in [3.8, 4) is 0 Å². The number of amides is 1. The molecule has 2 aromatic carbocycles. The molecule has 0 spiro atoms. The quantitative estimate of drug-likeness (QED) is 0.257. The molecular formula is C28H24ClN3O5S. The van der Waals surface area contributed by atoms with Crippen LogP contribution in [0.4, 0.5) is 5.69 Å². The number of ether oxygens (including phenoxy) is 2. The fourth-order valence-corrected chi connectivity index (χ4v) is 6.11. The largest absolute Gasteiger partial charge is 0.460 e. The molecule has 194 valence electrons. The number of anilines is 1. The van der Waals surface area contributed by atoms with Gasteiger partial charge in [0.05, 0.1) is 29.1 Å². The third-order valence-corrected chi connectivity index (χ3v) is 7.80. The Bertz CT molecular complexity index is 1690. The van der Waals surface area contributed by atoms with Crippen molar-refractivity contribution in [2.45, 2.75) is 13.0 Å². The summed E-state index contributed by atoms with van der Waals surface area (Å²) in [5.74, 6) is -0.911. The molecule has 0 aliphatic carbocycles. The SMILES string of the molecule is C=CCN1C(=O)C(=c2sc3n(c2=O)C(c2ccccc2Cl)C(C(=O)OCCOC)=C(C)N=3)c2ccccc21. The molecule has 0 N–H and O–H groups in total. The number of para-hydroxylation sites is 1. The fourth-order valence-electron chi connectivity index (χ4n) is 4.73. The summed E-state index contributed by atoms with van der Waals surface area (Å²) in [6.45, 7) is 6.02. The molecule has 1 unspecified atom stereocenters. The summed E-state index contributed by atoms with van der Waals surface area (Å²) in [5, 5.41) is 0.382. The average molecular weight is 550 g/mol. The first-order chi connectivity index (χ1) is 18.4. The number of hydrogen-bond acceptors (Lipinski definition) is 7. The van der Waals surface area contributed by atoms with Crippen LogP contribution < -0.4 is 19.8 Å². The van der Waals surface area contributed by atoms with Gasteiger partial charge in [-0.2, -0.15) is 0 Å². The van der Waals surface area contributed by atoms with Crippen LogP contribution in [-0.4, -0.2) is 43.3 Å². The normalized spacial score (nSPS) is 17.7. The molecule has 0 fully saturated rings. The van der Waals surface area contributed by atoms with Gasteiger partial charge in [0, 0.05) is 24.2 Å². The topological polar surface area (TPSA) is 90.2 Å². The monoisotopic (exact) mass is 549 g/mol. The second-order valence-electron chi connectivity index (χ2n) is 8.65. The molecule has 3 aromatic rings. The van der Waals surface area contributed by atoms with E-state index in [-0.39, 0.29) is 29.2 Å². The minimum Gasteiger partial charge on any atom is -0.460 e. The minimum atomic E-state index is -0.889. The minimum absolute atomic E-state index is 0.0420. The maximum atomic E-state index is 14.1. The second kappa shape index (κ2) is 10.5. The van der Waals surface area contributed by atoms with Gasteiger partial charge in [-0.3, -0.25) is 14.2 Å².